The lowest BCUT2D eigenvalue weighted by atomic mass is 10.2. The van der Waals surface area contributed by atoms with E-state index < -0.39 is 0 Å². The standard InChI is InChI=1S/C14H15N3S/c1-12-11-18-14(16-12)10-17(9-5-8-15)13-6-3-2-4-7-13/h2-4,6-7,11H,5,9-10H2,1H3. The van der Waals surface area contributed by atoms with Gasteiger partial charge < -0.3 is 4.90 Å². The van der Waals surface area contributed by atoms with Gasteiger partial charge in [-0.05, 0) is 19.1 Å². The van der Waals surface area contributed by atoms with Gasteiger partial charge in [-0.1, -0.05) is 18.2 Å². The maximum absolute atomic E-state index is 8.74. The van der Waals surface area contributed by atoms with Gasteiger partial charge in [-0.15, -0.1) is 11.3 Å². The number of thiazole rings is 1. The highest BCUT2D eigenvalue weighted by Gasteiger charge is 2.09. The van der Waals surface area contributed by atoms with Crippen molar-refractivity contribution in [2.45, 2.75) is 19.9 Å². The Balaban J connectivity index is 2.13. The number of nitriles is 1. The molecule has 0 radical (unpaired) electrons. The van der Waals surface area contributed by atoms with Crippen molar-refractivity contribution in [3.63, 3.8) is 0 Å². The molecule has 0 bridgehead atoms. The molecule has 2 aromatic rings. The summed E-state index contributed by atoms with van der Waals surface area (Å²) in [6.45, 7) is 3.51. The minimum absolute atomic E-state index is 0.527. The number of aromatic nitrogens is 1. The minimum atomic E-state index is 0.527. The number of aryl methyl sites for hydroxylation is 1. The Bertz CT molecular complexity index is 527. The van der Waals surface area contributed by atoms with E-state index in [0.717, 1.165) is 29.5 Å². The molecule has 3 nitrogen and oxygen atoms in total. The SMILES string of the molecule is Cc1csc(CN(CCC#N)c2ccccc2)n1. The van der Waals surface area contributed by atoms with Crippen molar-refractivity contribution in [1.82, 2.24) is 4.98 Å². The van der Waals surface area contributed by atoms with Gasteiger partial charge in [0.15, 0.2) is 0 Å². The van der Waals surface area contributed by atoms with Gasteiger partial charge in [0.2, 0.25) is 0 Å². The van der Waals surface area contributed by atoms with Crippen LogP contribution < -0.4 is 4.90 Å². The molecule has 2 rings (SSSR count). The lowest BCUT2D eigenvalue weighted by Gasteiger charge is -2.22. The molecule has 0 saturated carbocycles. The molecule has 0 fully saturated rings. The van der Waals surface area contributed by atoms with Crippen molar-refractivity contribution in [1.29, 1.82) is 5.26 Å². The van der Waals surface area contributed by atoms with Gasteiger partial charge in [0, 0.05) is 23.3 Å². The fraction of sp³-hybridized carbons (Fsp3) is 0.286. The third kappa shape index (κ3) is 3.31. The zero-order chi connectivity index (χ0) is 12.8. The van der Waals surface area contributed by atoms with Crippen LogP contribution >= 0.6 is 11.3 Å². The summed E-state index contributed by atoms with van der Waals surface area (Å²) in [7, 11) is 0. The molecule has 0 aliphatic carbocycles. The first-order valence-electron chi connectivity index (χ1n) is 5.87. The Morgan fingerprint density at radius 1 is 1.33 bits per heavy atom. The molecular weight excluding hydrogens is 242 g/mol. The van der Waals surface area contributed by atoms with Crippen LogP contribution in [0.1, 0.15) is 17.1 Å². The molecule has 92 valence electrons. The molecule has 0 aliphatic heterocycles. The Morgan fingerprint density at radius 3 is 2.72 bits per heavy atom. The lowest BCUT2D eigenvalue weighted by molar-refractivity contribution is 0.791. The first kappa shape index (κ1) is 12.6. The molecule has 0 unspecified atom stereocenters. The quantitative estimate of drug-likeness (QED) is 0.824. The summed E-state index contributed by atoms with van der Waals surface area (Å²) >= 11 is 1.67. The van der Waals surface area contributed by atoms with E-state index in [1.165, 1.54) is 0 Å². The Morgan fingerprint density at radius 2 is 2.11 bits per heavy atom. The summed E-state index contributed by atoms with van der Waals surface area (Å²) < 4.78 is 0. The van der Waals surface area contributed by atoms with Gasteiger partial charge in [0.1, 0.15) is 5.01 Å². The molecule has 4 heteroatoms. The monoisotopic (exact) mass is 257 g/mol. The summed E-state index contributed by atoms with van der Waals surface area (Å²) in [4.78, 5) is 6.67. The van der Waals surface area contributed by atoms with E-state index >= 15 is 0 Å². The van der Waals surface area contributed by atoms with Gasteiger partial charge in [-0.3, -0.25) is 0 Å². The van der Waals surface area contributed by atoms with Crippen LogP contribution in [0.4, 0.5) is 5.69 Å². The number of benzene rings is 1. The second-order valence-corrected chi connectivity index (χ2v) is 4.99. The van der Waals surface area contributed by atoms with Gasteiger partial charge in [-0.25, -0.2) is 4.98 Å². The second kappa shape index (κ2) is 6.18. The normalized spacial score (nSPS) is 10.0. The predicted molar refractivity (Wildman–Crippen MR) is 74.6 cm³/mol. The first-order valence-corrected chi connectivity index (χ1v) is 6.75. The number of rotatable bonds is 5. The molecule has 0 spiro atoms. The summed E-state index contributed by atoms with van der Waals surface area (Å²) in [5, 5.41) is 11.9. The highest BCUT2D eigenvalue weighted by molar-refractivity contribution is 7.09. The van der Waals surface area contributed by atoms with Crippen molar-refractivity contribution < 1.29 is 0 Å². The number of anilines is 1. The van der Waals surface area contributed by atoms with Crippen LogP contribution in [-0.4, -0.2) is 11.5 Å². The Kier molecular flexibility index (Phi) is 4.32. The van der Waals surface area contributed by atoms with E-state index in [1.807, 2.05) is 25.1 Å². The van der Waals surface area contributed by atoms with Gasteiger partial charge in [0.05, 0.1) is 19.0 Å². The van der Waals surface area contributed by atoms with Gasteiger partial charge in [0.25, 0.3) is 0 Å². The molecule has 0 aliphatic rings. The first-order chi connectivity index (χ1) is 8.79. The number of nitrogens with zero attached hydrogens (tertiary/aromatic N) is 3. The van der Waals surface area contributed by atoms with E-state index in [4.69, 9.17) is 5.26 Å². The molecule has 1 aromatic heterocycles. The smallest absolute Gasteiger partial charge is 0.112 e. The highest BCUT2D eigenvalue weighted by atomic mass is 32.1. The van der Waals surface area contributed by atoms with Gasteiger partial charge >= 0.3 is 0 Å². The van der Waals surface area contributed by atoms with Crippen molar-refractivity contribution in [2.75, 3.05) is 11.4 Å². The zero-order valence-electron chi connectivity index (χ0n) is 10.3. The number of para-hydroxylation sites is 1. The van der Waals surface area contributed by atoms with E-state index in [9.17, 15) is 0 Å². The second-order valence-electron chi connectivity index (χ2n) is 4.05. The summed E-state index contributed by atoms with van der Waals surface area (Å²) in [5.74, 6) is 0. The third-order valence-electron chi connectivity index (χ3n) is 2.61. The molecular formula is C14H15N3S. The van der Waals surface area contributed by atoms with Crippen molar-refractivity contribution in [2.24, 2.45) is 0 Å². The fourth-order valence-electron chi connectivity index (χ4n) is 1.76. The molecule has 0 saturated heterocycles. The average molecular weight is 257 g/mol. The maximum atomic E-state index is 8.74. The van der Waals surface area contributed by atoms with Gasteiger partial charge in [-0.2, -0.15) is 5.26 Å². The van der Waals surface area contributed by atoms with Crippen molar-refractivity contribution in [3.05, 3.63) is 46.4 Å². The summed E-state index contributed by atoms with van der Waals surface area (Å²) in [6, 6.07) is 12.4. The largest absolute Gasteiger partial charge is 0.364 e. The molecule has 1 heterocycles. The van der Waals surface area contributed by atoms with Crippen LogP contribution in [0.5, 0.6) is 0 Å². The molecule has 0 N–H and O–H groups in total. The molecule has 0 amide bonds. The zero-order valence-corrected chi connectivity index (χ0v) is 11.2. The van der Waals surface area contributed by atoms with Crippen LogP contribution in [0, 0.1) is 18.3 Å². The molecule has 18 heavy (non-hydrogen) atoms. The molecule has 0 atom stereocenters. The minimum Gasteiger partial charge on any atom is -0.364 e. The number of hydrogen-bond donors (Lipinski definition) is 0. The maximum Gasteiger partial charge on any atom is 0.112 e. The summed E-state index contributed by atoms with van der Waals surface area (Å²) in [6.07, 6.45) is 0.527. The Labute approximate surface area is 111 Å². The van der Waals surface area contributed by atoms with E-state index in [1.54, 1.807) is 11.3 Å². The van der Waals surface area contributed by atoms with E-state index in [0.29, 0.717) is 6.42 Å². The number of hydrogen-bond acceptors (Lipinski definition) is 4. The van der Waals surface area contributed by atoms with E-state index in [-0.39, 0.29) is 0 Å². The summed E-state index contributed by atoms with van der Waals surface area (Å²) in [5.41, 5.74) is 2.20. The Hall–Kier alpha value is -1.86. The topological polar surface area (TPSA) is 39.9 Å². The lowest BCUT2D eigenvalue weighted by Crippen LogP contribution is -2.23. The van der Waals surface area contributed by atoms with E-state index in [2.05, 4.69) is 33.5 Å². The average Bonchev–Trinajstić information content (AvgIpc) is 2.81. The van der Waals surface area contributed by atoms with Crippen molar-refractivity contribution >= 4 is 17.0 Å². The van der Waals surface area contributed by atoms with Crippen molar-refractivity contribution in [3.8, 4) is 6.07 Å². The third-order valence-corrected chi connectivity index (χ3v) is 3.56. The van der Waals surface area contributed by atoms with Crippen LogP contribution in [0.15, 0.2) is 35.7 Å². The highest BCUT2D eigenvalue weighted by Crippen LogP contribution is 2.19. The fourth-order valence-corrected chi connectivity index (χ4v) is 2.55. The predicted octanol–water partition coefficient (Wildman–Crippen LogP) is 3.37. The van der Waals surface area contributed by atoms with Crippen LogP contribution in [-0.2, 0) is 6.54 Å². The van der Waals surface area contributed by atoms with Crippen LogP contribution in [0.25, 0.3) is 0 Å². The van der Waals surface area contributed by atoms with Crippen LogP contribution in [0.2, 0.25) is 0 Å². The molecule has 1 aromatic carbocycles. The van der Waals surface area contributed by atoms with Crippen LogP contribution in [0.3, 0.4) is 0 Å².